The number of aliphatic hydroxyl groups is 3. The zero-order valence-corrected chi connectivity index (χ0v) is 9.22. The van der Waals surface area contributed by atoms with E-state index < -0.39 is 6.29 Å². The predicted molar refractivity (Wildman–Crippen MR) is 56.6 cm³/mol. The topological polar surface area (TPSA) is 60.7 Å². The maximum Gasteiger partial charge on any atom is 0.154 e. The lowest BCUT2D eigenvalue weighted by atomic mass is 9.92. The van der Waals surface area contributed by atoms with Gasteiger partial charge in [-0.25, -0.2) is 0 Å². The van der Waals surface area contributed by atoms with E-state index in [1.54, 1.807) is 6.08 Å². The van der Waals surface area contributed by atoms with Crippen LogP contribution in [0.2, 0.25) is 0 Å². The van der Waals surface area contributed by atoms with Gasteiger partial charge in [0.1, 0.15) is 0 Å². The molecule has 3 nitrogen and oxygen atoms in total. The number of allylic oxidation sites excluding steroid dienone is 1. The average Bonchev–Trinajstić information content (AvgIpc) is 2.10. The van der Waals surface area contributed by atoms with Gasteiger partial charge in [0.2, 0.25) is 0 Å². The fraction of sp³-hybridized carbons (Fsp3) is 0.818. The lowest BCUT2D eigenvalue weighted by Crippen LogP contribution is -2.23. The van der Waals surface area contributed by atoms with Crippen LogP contribution in [-0.2, 0) is 0 Å². The van der Waals surface area contributed by atoms with Crippen molar-refractivity contribution >= 4 is 0 Å². The van der Waals surface area contributed by atoms with E-state index in [9.17, 15) is 5.11 Å². The van der Waals surface area contributed by atoms with Crippen LogP contribution in [0, 0.1) is 11.8 Å². The Balaban J connectivity index is 3.72. The Hall–Kier alpha value is -0.380. The molecule has 2 atom stereocenters. The molecule has 0 aliphatic carbocycles. The van der Waals surface area contributed by atoms with E-state index >= 15 is 0 Å². The van der Waals surface area contributed by atoms with Crippen molar-refractivity contribution in [1.29, 1.82) is 0 Å². The molecule has 3 N–H and O–H groups in total. The van der Waals surface area contributed by atoms with Gasteiger partial charge in [0.05, 0.1) is 6.10 Å². The van der Waals surface area contributed by atoms with Crippen LogP contribution >= 0.6 is 0 Å². The van der Waals surface area contributed by atoms with Crippen LogP contribution < -0.4 is 0 Å². The van der Waals surface area contributed by atoms with Crippen molar-refractivity contribution in [2.75, 3.05) is 0 Å². The molecule has 84 valence electrons. The molecule has 0 saturated carbocycles. The molecule has 0 saturated heterocycles. The minimum Gasteiger partial charge on any atom is -0.393 e. The number of rotatable bonds is 6. The van der Waals surface area contributed by atoms with Gasteiger partial charge >= 0.3 is 0 Å². The van der Waals surface area contributed by atoms with Gasteiger partial charge < -0.3 is 15.3 Å². The zero-order valence-electron chi connectivity index (χ0n) is 9.22. The van der Waals surface area contributed by atoms with Gasteiger partial charge in [0.15, 0.2) is 6.29 Å². The van der Waals surface area contributed by atoms with E-state index in [2.05, 4.69) is 0 Å². The van der Waals surface area contributed by atoms with Crippen molar-refractivity contribution in [3.8, 4) is 0 Å². The molecule has 0 heterocycles. The Bertz CT molecular complexity index is 164. The van der Waals surface area contributed by atoms with Crippen molar-refractivity contribution in [3.63, 3.8) is 0 Å². The molecule has 0 aliphatic rings. The summed E-state index contributed by atoms with van der Waals surface area (Å²) in [7, 11) is 0. The van der Waals surface area contributed by atoms with E-state index in [0.717, 1.165) is 6.42 Å². The van der Waals surface area contributed by atoms with E-state index in [1.165, 1.54) is 0 Å². The fourth-order valence-electron chi connectivity index (χ4n) is 1.33. The zero-order chi connectivity index (χ0) is 11.1. The normalized spacial score (nSPS) is 16.9. The minimum absolute atomic E-state index is 0.210. The molecule has 0 aliphatic heterocycles. The van der Waals surface area contributed by atoms with E-state index in [1.807, 2.05) is 26.8 Å². The van der Waals surface area contributed by atoms with E-state index in [0.29, 0.717) is 0 Å². The van der Waals surface area contributed by atoms with Crippen LogP contribution in [0.1, 0.15) is 33.6 Å². The Morgan fingerprint density at radius 2 is 1.43 bits per heavy atom. The average molecular weight is 202 g/mol. The first kappa shape index (κ1) is 13.6. The fourth-order valence-corrected chi connectivity index (χ4v) is 1.33. The summed E-state index contributed by atoms with van der Waals surface area (Å²) >= 11 is 0. The highest BCUT2D eigenvalue weighted by atomic mass is 16.5. The first-order chi connectivity index (χ1) is 6.45. The van der Waals surface area contributed by atoms with Crippen LogP contribution in [0.4, 0.5) is 0 Å². The Morgan fingerprint density at radius 1 is 0.929 bits per heavy atom. The third-order valence-electron chi connectivity index (χ3n) is 2.29. The quantitative estimate of drug-likeness (QED) is 0.449. The molecule has 3 heteroatoms. The monoisotopic (exact) mass is 202 g/mol. The summed E-state index contributed by atoms with van der Waals surface area (Å²) in [6, 6.07) is 0. The highest BCUT2D eigenvalue weighted by Crippen LogP contribution is 2.16. The van der Waals surface area contributed by atoms with E-state index in [4.69, 9.17) is 10.2 Å². The van der Waals surface area contributed by atoms with Crippen LogP contribution in [0.25, 0.3) is 0 Å². The van der Waals surface area contributed by atoms with Crippen LogP contribution in [0.15, 0.2) is 12.2 Å². The van der Waals surface area contributed by atoms with Gasteiger partial charge in [0.25, 0.3) is 0 Å². The first-order valence-corrected chi connectivity index (χ1v) is 5.14. The number of aliphatic hydroxyl groups excluding tert-OH is 2. The van der Waals surface area contributed by atoms with Gasteiger partial charge in [-0.3, -0.25) is 0 Å². The molecular weight excluding hydrogens is 180 g/mol. The molecule has 0 spiro atoms. The largest absolute Gasteiger partial charge is 0.393 e. The third kappa shape index (κ3) is 6.13. The SMILES string of the molecule is CC(C)[C@H](O)[C@H](C)C/C=C/CC(O)O. The maximum absolute atomic E-state index is 9.67. The molecule has 0 rings (SSSR count). The summed E-state index contributed by atoms with van der Waals surface area (Å²) in [4.78, 5) is 0. The molecule has 0 fully saturated rings. The number of hydrogen-bond donors (Lipinski definition) is 3. The number of hydrogen-bond acceptors (Lipinski definition) is 3. The van der Waals surface area contributed by atoms with Crippen molar-refractivity contribution in [1.82, 2.24) is 0 Å². The minimum atomic E-state index is -1.27. The van der Waals surface area contributed by atoms with Gasteiger partial charge in [-0.1, -0.05) is 32.9 Å². The summed E-state index contributed by atoms with van der Waals surface area (Å²) in [5.74, 6) is 0.476. The second-order valence-electron chi connectivity index (χ2n) is 4.14. The van der Waals surface area contributed by atoms with E-state index in [-0.39, 0.29) is 24.4 Å². The molecule has 0 radical (unpaired) electrons. The molecule has 0 aromatic carbocycles. The molecule has 0 bridgehead atoms. The molecule has 0 unspecified atom stereocenters. The first-order valence-electron chi connectivity index (χ1n) is 5.14. The summed E-state index contributed by atoms with van der Waals surface area (Å²) in [6.07, 6.45) is 3.08. The highest BCUT2D eigenvalue weighted by molar-refractivity contribution is 4.85. The molecule has 0 amide bonds. The van der Waals surface area contributed by atoms with Crippen molar-refractivity contribution in [3.05, 3.63) is 12.2 Å². The summed E-state index contributed by atoms with van der Waals surface area (Å²) < 4.78 is 0. The van der Waals surface area contributed by atoms with Crippen molar-refractivity contribution in [2.24, 2.45) is 11.8 Å². The lowest BCUT2D eigenvalue weighted by molar-refractivity contribution is -0.0361. The second-order valence-corrected chi connectivity index (χ2v) is 4.14. The standard InChI is InChI=1S/C11H22O3/c1-8(2)11(14)9(3)6-4-5-7-10(12)13/h4-5,8-14H,6-7H2,1-3H3/b5-4+/t9-,11+/m1/s1. The van der Waals surface area contributed by atoms with Gasteiger partial charge in [-0.15, -0.1) is 0 Å². The van der Waals surface area contributed by atoms with Gasteiger partial charge in [0, 0.05) is 6.42 Å². The Morgan fingerprint density at radius 3 is 1.86 bits per heavy atom. The predicted octanol–water partition coefficient (Wildman–Crippen LogP) is 1.29. The molecular formula is C11H22O3. The van der Waals surface area contributed by atoms with Crippen molar-refractivity contribution < 1.29 is 15.3 Å². The van der Waals surface area contributed by atoms with Gasteiger partial charge in [-0.05, 0) is 18.3 Å². The third-order valence-corrected chi connectivity index (χ3v) is 2.29. The Kier molecular flexibility index (Phi) is 6.79. The highest BCUT2D eigenvalue weighted by Gasteiger charge is 2.15. The summed E-state index contributed by atoms with van der Waals surface area (Å²) in [5.41, 5.74) is 0. The smallest absolute Gasteiger partial charge is 0.154 e. The van der Waals surface area contributed by atoms with Crippen LogP contribution in [-0.4, -0.2) is 27.7 Å². The van der Waals surface area contributed by atoms with Gasteiger partial charge in [-0.2, -0.15) is 0 Å². The molecule has 0 aromatic heterocycles. The van der Waals surface area contributed by atoms with Crippen LogP contribution in [0.5, 0.6) is 0 Å². The second kappa shape index (κ2) is 6.98. The molecule has 14 heavy (non-hydrogen) atoms. The Labute approximate surface area is 86.1 Å². The van der Waals surface area contributed by atoms with Crippen LogP contribution in [0.3, 0.4) is 0 Å². The summed E-state index contributed by atoms with van der Waals surface area (Å²) in [6.45, 7) is 5.97. The lowest BCUT2D eigenvalue weighted by Gasteiger charge is -2.20. The van der Waals surface area contributed by atoms with Crippen molar-refractivity contribution in [2.45, 2.75) is 46.0 Å². The molecule has 0 aromatic rings. The maximum atomic E-state index is 9.67. The summed E-state index contributed by atoms with van der Waals surface area (Å²) in [5, 5.41) is 26.8.